The first-order valence-corrected chi connectivity index (χ1v) is 11.4. The van der Waals surface area contributed by atoms with Crippen LogP contribution in [-0.4, -0.2) is 49.6 Å². The van der Waals surface area contributed by atoms with Gasteiger partial charge in [0.2, 0.25) is 0 Å². The maximum atomic E-state index is 13.2. The molecule has 1 saturated carbocycles. The number of nitrogens with zero attached hydrogens (tertiary/aromatic N) is 2. The molecule has 1 aromatic heterocycles. The van der Waals surface area contributed by atoms with Crippen molar-refractivity contribution in [2.45, 2.75) is 35.5 Å². The first-order valence-electron chi connectivity index (χ1n) is 9.02. The summed E-state index contributed by atoms with van der Waals surface area (Å²) < 4.78 is 43.1. The van der Waals surface area contributed by atoms with Crippen molar-refractivity contribution in [3.8, 4) is 0 Å². The summed E-state index contributed by atoms with van der Waals surface area (Å²) in [5.41, 5.74) is 0.302. The van der Waals surface area contributed by atoms with Gasteiger partial charge < -0.3 is 9.57 Å². The van der Waals surface area contributed by atoms with Gasteiger partial charge in [0.1, 0.15) is 0 Å². The van der Waals surface area contributed by atoms with Gasteiger partial charge in [-0.3, -0.25) is 10.1 Å². The van der Waals surface area contributed by atoms with Crippen molar-refractivity contribution < 1.29 is 27.2 Å². The van der Waals surface area contributed by atoms with Crippen molar-refractivity contribution in [3.63, 3.8) is 0 Å². The fraction of sp³-hybridized carbons (Fsp3) is 0.389. The topological polar surface area (TPSA) is 107 Å². The van der Waals surface area contributed by atoms with Gasteiger partial charge in [0, 0.05) is 12.0 Å². The molecule has 0 radical (unpaired) electrons. The number of nitrogens with one attached hydrogen (secondary N) is 1. The van der Waals surface area contributed by atoms with E-state index < -0.39 is 20.9 Å². The van der Waals surface area contributed by atoms with Crippen LogP contribution in [0.5, 0.6) is 0 Å². The van der Waals surface area contributed by atoms with Gasteiger partial charge in [0.05, 0.1) is 29.6 Å². The van der Waals surface area contributed by atoms with E-state index in [1.54, 1.807) is 0 Å². The Bertz CT molecular complexity index is 1030. The van der Waals surface area contributed by atoms with E-state index in [-0.39, 0.29) is 27.1 Å². The molecule has 0 spiro atoms. The Kier molecular flexibility index (Phi) is 5.61. The zero-order valence-electron chi connectivity index (χ0n) is 15.2. The lowest BCUT2D eigenvalue weighted by Crippen LogP contribution is -2.25. The van der Waals surface area contributed by atoms with Crippen molar-refractivity contribution in [1.82, 2.24) is 4.98 Å². The predicted octanol–water partition coefficient (Wildman–Crippen LogP) is 2.37. The summed E-state index contributed by atoms with van der Waals surface area (Å²) in [6, 6.07) is 5.91. The standard InChI is InChI=1S/C18H18FN3O5S2/c19-15-9-20-18(28-15)21-17(23)16(22-27-12-7-8-26-10-12)11-1-3-13(4-2-11)29(24,25)14-5-6-14/h1-4,9,12,14H,5-8,10H2,(H,20,21,23)/b22-16+/t12-/m1/s1. The number of carbonyl (C=O) groups excluding carboxylic acids is 1. The number of aromatic nitrogens is 1. The maximum absolute atomic E-state index is 13.2. The molecule has 1 N–H and O–H groups in total. The maximum Gasteiger partial charge on any atom is 0.280 e. The Morgan fingerprint density at radius 2 is 2.03 bits per heavy atom. The molecule has 2 fully saturated rings. The van der Waals surface area contributed by atoms with Crippen molar-refractivity contribution >= 4 is 37.9 Å². The van der Waals surface area contributed by atoms with E-state index in [0.717, 1.165) is 6.20 Å². The van der Waals surface area contributed by atoms with E-state index >= 15 is 0 Å². The van der Waals surface area contributed by atoms with E-state index in [9.17, 15) is 17.6 Å². The lowest BCUT2D eigenvalue weighted by atomic mass is 10.1. The largest absolute Gasteiger partial charge is 0.389 e. The van der Waals surface area contributed by atoms with Crippen LogP contribution in [0.4, 0.5) is 9.52 Å². The Morgan fingerprint density at radius 1 is 1.28 bits per heavy atom. The van der Waals surface area contributed by atoms with Gasteiger partial charge in [-0.05, 0) is 25.0 Å². The number of thiazole rings is 1. The highest BCUT2D eigenvalue weighted by atomic mass is 32.2. The highest BCUT2D eigenvalue weighted by Crippen LogP contribution is 2.33. The van der Waals surface area contributed by atoms with E-state index in [1.165, 1.54) is 24.3 Å². The van der Waals surface area contributed by atoms with Crippen LogP contribution in [0.2, 0.25) is 0 Å². The first kappa shape index (κ1) is 19.9. The highest BCUT2D eigenvalue weighted by Gasteiger charge is 2.36. The fourth-order valence-electron chi connectivity index (χ4n) is 2.79. The zero-order chi connectivity index (χ0) is 20.4. The molecule has 1 amide bonds. The molecule has 1 aliphatic carbocycles. The predicted molar refractivity (Wildman–Crippen MR) is 104 cm³/mol. The van der Waals surface area contributed by atoms with Crippen LogP contribution in [0.3, 0.4) is 0 Å². The smallest absolute Gasteiger partial charge is 0.280 e. The second kappa shape index (κ2) is 8.17. The number of benzene rings is 1. The van der Waals surface area contributed by atoms with E-state index in [1.807, 2.05) is 0 Å². The molecule has 0 unspecified atom stereocenters. The average molecular weight is 439 g/mol. The van der Waals surface area contributed by atoms with Crippen LogP contribution in [0.25, 0.3) is 0 Å². The van der Waals surface area contributed by atoms with Gasteiger partial charge in [0.15, 0.2) is 31.9 Å². The number of hydrogen-bond acceptors (Lipinski definition) is 8. The number of oxime groups is 1. The molecule has 1 saturated heterocycles. The van der Waals surface area contributed by atoms with Crippen LogP contribution in [0.1, 0.15) is 24.8 Å². The van der Waals surface area contributed by atoms with Gasteiger partial charge in [-0.25, -0.2) is 13.4 Å². The lowest BCUT2D eigenvalue weighted by Gasteiger charge is -2.10. The molecule has 8 nitrogen and oxygen atoms in total. The van der Waals surface area contributed by atoms with Gasteiger partial charge in [-0.1, -0.05) is 28.6 Å². The molecule has 2 aliphatic rings. The van der Waals surface area contributed by atoms with Gasteiger partial charge in [-0.15, -0.1) is 0 Å². The molecule has 2 heterocycles. The number of ether oxygens (including phenoxy) is 1. The van der Waals surface area contributed by atoms with Gasteiger partial charge in [0.25, 0.3) is 5.91 Å². The van der Waals surface area contributed by atoms with Crippen molar-refractivity contribution in [2.75, 3.05) is 18.5 Å². The number of carbonyl (C=O) groups is 1. The normalized spacial score (nSPS) is 19.9. The summed E-state index contributed by atoms with van der Waals surface area (Å²) in [6.45, 7) is 0.919. The highest BCUT2D eigenvalue weighted by molar-refractivity contribution is 7.92. The Labute approximate surface area is 170 Å². The second-order valence-electron chi connectivity index (χ2n) is 6.72. The van der Waals surface area contributed by atoms with Crippen LogP contribution < -0.4 is 5.32 Å². The molecule has 1 atom stereocenters. The average Bonchev–Trinajstić information content (AvgIpc) is 3.31. The lowest BCUT2D eigenvalue weighted by molar-refractivity contribution is -0.110. The summed E-state index contributed by atoms with van der Waals surface area (Å²) in [5.74, 6) is -0.643. The Hall–Kier alpha value is -2.37. The quantitative estimate of drug-likeness (QED) is 0.524. The number of sulfone groups is 1. The summed E-state index contributed by atoms with van der Waals surface area (Å²) in [6.07, 6.45) is 2.71. The minimum Gasteiger partial charge on any atom is -0.389 e. The first-order chi connectivity index (χ1) is 13.9. The second-order valence-corrected chi connectivity index (χ2v) is 9.93. The molecule has 0 bridgehead atoms. The molecular formula is C18H18FN3O5S2. The SMILES string of the molecule is O=C(Nc1ncc(F)s1)/C(=N/O[C@@H]1CCOC1)c1ccc(S(=O)(=O)C2CC2)cc1. The Balaban J connectivity index is 1.58. The van der Waals surface area contributed by atoms with Crippen molar-refractivity contribution in [2.24, 2.45) is 5.16 Å². The molecular weight excluding hydrogens is 421 g/mol. The van der Waals surface area contributed by atoms with Crippen LogP contribution >= 0.6 is 11.3 Å². The molecule has 29 heavy (non-hydrogen) atoms. The van der Waals surface area contributed by atoms with E-state index in [2.05, 4.69) is 15.5 Å². The molecule has 154 valence electrons. The molecule has 1 aromatic carbocycles. The number of rotatable bonds is 7. The van der Waals surface area contributed by atoms with Crippen molar-refractivity contribution in [3.05, 3.63) is 41.2 Å². The monoisotopic (exact) mass is 439 g/mol. The summed E-state index contributed by atoms with van der Waals surface area (Å²) in [4.78, 5) is 22.1. The molecule has 1 aliphatic heterocycles. The van der Waals surface area contributed by atoms with E-state index in [0.29, 0.717) is 49.4 Å². The minimum absolute atomic E-state index is 0.0668. The summed E-state index contributed by atoms with van der Waals surface area (Å²) in [5, 5.41) is 5.68. The zero-order valence-corrected chi connectivity index (χ0v) is 16.8. The van der Waals surface area contributed by atoms with Crippen LogP contribution in [0.15, 0.2) is 40.5 Å². The van der Waals surface area contributed by atoms with Gasteiger partial charge >= 0.3 is 0 Å². The van der Waals surface area contributed by atoms with Crippen LogP contribution in [-0.2, 0) is 24.2 Å². The van der Waals surface area contributed by atoms with Crippen LogP contribution in [0, 0.1) is 5.13 Å². The Morgan fingerprint density at radius 3 is 2.62 bits per heavy atom. The molecule has 2 aromatic rings. The number of halogens is 1. The molecule has 4 rings (SSSR count). The minimum atomic E-state index is -3.34. The van der Waals surface area contributed by atoms with Gasteiger partial charge in [-0.2, -0.15) is 4.39 Å². The third-order valence-corrected chi connectivity index (χ3v) is 7.49. The van der Waals surface area contributed by atoms with Crippen molar-refractivity contribution in [1.29, 1.82) is 0 Å². The summed E-state index contributed by atoms with van der Waals surface area (Å²) >= 11 is 0.683. The molecule has 11 heteroatoms. The van der Waals surface area contributed by atoms with E-state index in [4.69, 9.17) is 9.57 Å². The third-order valence-electron chi connectivity index (χ3n) is 4.51. The number of anilines is 1. The fourth-order valence-corrected chi connectivity index (χ4v) is 4.99. The number of hydrogen-bond donors (Lipinski definition) is 1. The summed E-state index contributed by atoms with van der Waals surface area (Å²) in [7, 11) is -3.34. The third kappa shape index (κ3) is 4.62. The number of amides is 1.